The van der Waals surface area contributed by atoms with Crippen LogP contribution in [0.25, 0.3) is 0 Å². The minimum Gasteiger partial charge on any atom is -0.381 e. The fraction of sp³-hybridized carbons (Fsp3) is 1.00. The van der Waals surface area contributed by atoms with Crippen LogP contribution in [0.3, 0.4) is 0 Å². The first kappa shape index (κ1) is 9.13. The summed E-state index contributed by atoms with van der Waals surface area (Å²) >= 11 is 0. The van der Waals surface area contributed by atoms with E-state index in [2.05, 4.69) is 10.2 Å². The zero-order valence-electron chi connectivity index (χ0n) is 8.91. The fourth-order valence-corrected chi connectivity index (χ4v) is 3.44. The number of hydrogen-bond donors (Lipinski definition) is 1. The van der Waals surface area contributed by atoms with E-state index < -0.39 is 0 Å². The summed E-state index contributed by atoms with van der Waals surface area (Å²) in [6, 6.07) is 2.49. The summed E-state index contributed by atoms with van der Waals surface area (Å²) in [5, 5.41) is 3.38. The molecule has 3 fully saturated rings. The molecule has 0 radical (unpaired) electrons. The topological polar surface area (TPSA) is 24.5 Å². The molecule has 2 unspecified atom stereocenters. The van der Waals surface area contributed by atoms with Gasteiger partial charge in [-0.1, -0.05) is 0 Å². The van der Waals surface area contributed by atoms with E-state index in [1.165, 1.54) is 38.8 Å². The maximum Gasteiger partial charge on any atom is 0.0601 e. The van der Waals surface area contributed by atoms with Gasteiger partial charge in [-0.3, -0.25) is 4.90 Å². The van der Waals surface area contributed by atoms with Crippen molar-refractivity contribution in [1.82, 2.24) is 10.2 Å². The largest absolute Gasteiger partial charge is 0.381 e. The van der Waals surface area contributed by atoms with Gasteiger partial charge in [0.1, 0.15) is 0 Å². The highest BCUT2D eigenvalue weighted by Gasteiger charge is 2.45. The molecule has 2 bridgehead atoms. The Bertz CT molecular complexity index is 203. The molecule has 0 saturated carbocycles. The highest BCUT2D eigenvalue weighted by Crippen LogP contribution is 2.38. The van der Waals surface area contributed by atoms with E-state index >= 15 is 0 Å². The first-order chi connectivity index (χ1) is 6.88. The number of methoxy groups -OCH3 is 1. The number of fused-ring (bicyclic) bond motifs is 2. The van der Waals surface area contributed by atoms with Gasteiger partial charge in [-0.2, -0.15) is 0 Å². The molecule has 0 amide bonds. The number of nitrogens with zero attached hydrogens (tertiary/aromatic N) is 1. The van der Waals surface area contributed by atoms with Crippen molar-refractivity contribution in [3.63, 3.8) is 0 Å². The molecule has 0 aromatic heterocycles. The van der Waals surface area contributed by atoms with E-state index in [1.807, 2.05) is 7.11 Å². The number of nitrogens with one attached hydrogen (secondary N) is 1. The summed E-state index contributed by atoms with van der Waals surface area (Å²) in [4.78, 5) is 2.78. The van der Waals surface area contributed by atoms with Crippen molar-refractivity contribution in [2.45, 2.75) is 49.9 Å². The Morgan fingerprint density at radius 1 is 1.07 bits per heavy atom. The third kappa shape index (κ3) is 1.30. The average molecular weight is 196 g/mol. The van der Waals surface area contributed by atoms with Crippen LogP contribution in [0, 0.1) is 0 Å². The lowest BCUT2D eigenvalue weighted by Crippen LogP contribution is -2.62. The molecule has 0 aliphatic carbocycles. The minimum absolute atomic E-state index is 0.539. The third-order valence-corrected chi connectivity index (χ3v) is 4.26. The maximum absolute atomic E-state index is 5.51. The molecule has 2 atom stereocenters. The first-order valence-corrected chi connectivity index (χ1v) is 5.89. The van der Waals surface area contributed by atoms with Gasteiger partial charge >= 0.3 is 0 Å². The zero-order valence-corrected chi connectivity index (χ0v) is 8.91. The van der Waals surface area contributed by atoms with E-state index in [1.54, 1.807) is 0 Å². The molecule has 0 spiro atoms. The Labute approximate surface area is 85.8 Å². The van der Waals surface area contributed by atoms with Crippen LogP contribution in [0.4, 0.5) is 0 Å². The van der Waals surface area contributed by atoms with E-state index in [-0.39, 0.29) is 0 Å². The lowest BCUT2D eigenvalue weighted by atomic mass is 9.95. The molecular weight excluding hydrogens is 176 g/mol. The second kappa shape index (κ2) is 3.47. The number of piperidine rings is 1. The van der Waals surface area contributed by atoms with Crippen molar-refractivity contribution >= 4 is 0 Å². The Hall–Kier alpha value is -0.120. The molecule has 3 saturated heterocycles. The van der Waals surface area contributed by atoms with Crippen molar-refractivity contribution in [3.8, 4) is 0 Å². The smallest absolute Gasteiger partial charge is 0.0601 e. The van der Waals surface area contributed by atoms with Crippen molar-refractivity contribution in [1.29, 1.82) is 0 Å². The molecule has 3 aliphatic rings. The van der Waals surface area contributed by atoms with Crippen LogP contribution >= 0.6 is 0 Å². The second-order valence-corrected chi connectivity index (χ2v) is 4.97. The summed E-state index contributed by atoms with van der Waals surface area (Å²) in [5.74, 6) is 0. The van der Waals surface area contributed by atoms with Gasteiger partial charge in [-0.05, 0) is 25.7 Å². The van der Waals surface area contributed by atoms with E-state index in [9.17, 15) is 0 Å². The Balaban J connectivity index is 1.70. The van der Waals surface area contributed by atoms with Crippen molar-refractivity contribution in [2.75, 3.05) is 20.2 Å². The third-order valence-electron chi connectivity index (χ3n) is 4.26. The maximum atomic E-state index is 5.51. The molecular formula is C11H20N2O. The molecule has 14 heavy (non-hydrogen) atoms. The summed E-state index contributed by atoms with van der Waals surface area (Å²) < 4.78 is 5.51. The molecule has 3 rings (SSSR count). The Kier molecular flexibility index (Phi) is 2.26. The normalized spacial score (nSPS) is 43.9. The van der Waals surface area contributed by atoms with E-state index in [4.69, 9.17) is 4.74 Å². The molecule has 0 aromatic rings. The highest BCUT2D eigenvalue weighted by molar-refractivity contribution is 5.01. The number of rotatable bonds is 2. The van der Waals surface area contributed by atoms with Crippen LogP contribution in [-0.2, 0) is 4.74 Å². The lowest BCUT2D eigenvalue weighted by molar-refractivity contribution is -0.0225. The fourth-order valence-electron chi connectivity index (χ4n) is 3.44. The van der Waals surface area contributed by atoms with Crippen LogP contribution in [0.15, 0.2) is 0 Å². The van der Waals surface area contributed by atoms with Crippen molar-refractivity contribution < 1.29 is 4.74 Å². The molecule has 80 valence electrons. The Morgan fingerprint density at radius 3 is 2.14 bits per heavy atom. The minimum atomic E-state index is 0.539. The first-order valence-electron chi connectivity index (χ1n) is 5.89. The standard InChI is InChI=1S/C11H20N2O/c1-14-11-4-8-2-3-9(5-11)13(8)10-6-12-7-10/h8-12H,2-7H2,1H3. The number of hydrogen-bond acceptors (Lipinski definition) is 3. The summed E-state index contributed by atoms with van der Waals surface area (Å²) in [6.45, 7) is 2.43. The van der Waals surface area contributed by atoms with Gasteiger partial charge in [0.05, 0.1) is 6.10 Å². The second-order valence-electron chi connectivity index (χ2n) is 4.97. The van der Waals surface area contributed by atoms with Gasteiger partial charge in [-0.15, -0.1) is 0 Å². The lowest BCUT2D eigenvalue weighted by Gasteiger charge is -2.46. The van der Waals surface area contributed by atoms with Crippen LogP contribution in [0.2, 0.25) is 0 Å². The van der Waals surface area contributed by atoms with Gasteiger partial charge in [0, 0.05) is 38.3 Å². The SMILES string of the molecule is COC1CC2CCC(C1)N2C1CNC1. The van der Waals surface area contributed by atoms with Gasteiger partial charge in [-0.25, -0.2) is 0 Å². The summed E-state index contributed by atoms with van der Waals surface area (Å²) in [7, 11) is 1.87. The van der Waals surface area contributed by atoms with E-state index in [0.717, 1.165) is 18.1 Å². The van der Waals surface area contributed by atoms with Gasteiger partial charge < -0.3 is 10.1 Å². The van der Waals surface area contributed by atoms with Gasteiger partial charge in [0.2, 0.25) is 0 Å². The van der Waals surface area contributed by atoms with Gasteiger partial charge in [0.15, 0.2) is 0 Å². The van der Waals surface area contributed by atoms with Crippen molar-refractivity contribution in [2.24, 2.45) is 0 Å². The van der Waals surface area contributed by atoms with Gasteiger partial charge in [0.25, 0.3) is 0 Å². The van der Waals surface area contributed by atoms with Crippen LogP contribution in [0.5, 0.6) is 0 Å². The van der Waals surface area contributed by atoms with Crippen LogP contribution < -0.4 is 5.32 Å². The Morgan fingerprint density at radius 2 is 1.71 bits per heavy atom. The van der Waals surface area contributed by atoms with E-state index in [0.29, 0.717) is 6.10 Å². The molecule has 3 heteroatoms. The zero-order chi connectivity index (χ0) is 9.54. The molecule has 3 heterocycles. The highest BCUT2D eigenvalue weighted by atomic mass is 16.5. The summed E-state index contributed by atoms with van der Waals surface area (Å²) in [5.41, 5.74) is 0. The van der Waals surface area contributed by atoms with Crippen LogP contribution in [-0.4, -0.2) is 49.3 Å². The van der Waals surface area contributed by atoms with Crippen LogP contribution in [0.1, 0.15) is 25.7 Å². The predicted molar refractivity (Wildman–Crippen MR) is 55.3 cm³/mol. The van der Waals surface area contributed by atoms with Crippen molar-refractivity contribution in [3.05, 3.63) is 0 Å². The monoisotopic (exact) mass is 196 g/mol. The molecule has 1 N–H and O–H groups in total. The molecule has 0 aromatic carbocycles. The average Bonchev–Trinajstić information content (AvgIpc) is 2.38. The predicted octanol–water partition coefficient (Wildman–Crippen LogP) is 0.600. The summed E-state index contributed by atoms with van der Waals surface area (Å²) in [6.07, 6.45) is 5.88. The number of ether oxygens (including phenoxy) is 1. The molecule has 3 aliphatic heterocycles. The molecule has 3 nitrogen and oxygen atoms in total. The quantitative estimate of drug-likeness (QED) is 0.700.